The van der Waals surface area contributed by atoms with Crippen molar-refractivity contribution in [3.8, 4) is 5.75 Å². The summed E-state index contributed by atoms with van der Waals surface area (Å²) < 4.78 is 15.8. The van der Waals surface area contributed by atoms with Crippen molar-refractivity contribution in [1.29, 1.82) is 0 Å². The Morgan fingerprint density at radius 1 is 1.07 bits per heavy atom. The number of thiazole rings is 1. The fourth-order valence-electron chi connectivity index (χ4n) is 5.40. The number of hydrogen-bond donors (Lipinski definition) is 0. The van der Waals surface area contributed by atoms with Crippen molar-refractivity contribution < 1.29 is 14.3 Å². The zero-order valence-electron chi connectivity index (χ0n) is 24.3. The molecule has 0 saturated carbocycles. The zero-order valence-corrected chi connectivity index (χ0v) is 28.8. The molecular weight excluding hydrogens is 751 g/mol. The van der Waals surface area contributed by atoms with Crippen LogP contribution in [0.15, 0.2) is 104 Å². The number of esters is 1. The molecule has 0 unspecified atom stereocenters. The van der Waals surface area contributed by atoms with Gasteiger partial charge in [-0.2, -0.15) is 0 Å². The average molecular weight is 779 g/mol. The molecule has 4 aromatic carbocycles. The third-order valence-electron chi connectivity index (χ3n) is 7.49. The van der Waals surface area contributed by atoms with Crippen LogP contribution >= 0.6 is 49.9 Å². The van der Waals surface area contributed by atoms with Gasteiger partial charge in [0, 0.05) is 10.0 Å². The third kappa shape index (κ3) is 5.92. The minimum atomic E-state index is -0.655. The van der Waals surface area contributed by atoms with E-state index in [0.29, 0.717) is 33.0 Å². The first-order valence-corrected chi connectivity index (χ1v) is 16.8. The molecular formula is C35H28BrIN2O4S. The molecule has 0 radical (unpaired) electrons. The smallest absolute Gasteiger partial charge is 0.338 e. The van der Waals surface area contributed by atoms with E-state index in [9.17, 15) is 9.59 Å². The molecule has 0 N–H and O–H groups in total. The molecule has 1 aliphatic heterocycles. The van der Waals surface area contributed by atoms with Crippen molar-refractivity contribution in [1.82, 2.24) is 4.57 Å². The minimum absolute atomic E-state index is 0.226. The Morgan fingerprint density at radius 3 is 2.59 bits per heavy atom. The number of aryl methyl sites for hydroxylation is 1. The number of rotatable bonds is 7. The summed E-state index contributed by atoms with van der Waals surface area (Å²) in [7, 11) is 0. The Morgan fingerprint density at radius 2 is 1.82 bits per heavy atom. The topological polar surface area (TPSA) is 69.9 Å². The van der Waals surface area contributed by atoms with E-state index in [2.05, 4.69) is 62.8 Å². The number of halogens is 2. The van der Waals surface area contributed by atoms with E-state index in [0.717, 1.165) is 41.1 Å². The van der Waals surface area contributed by atoms with Crippen LogP contribution in [-0.2, 0) is 16.1 Å². The summed E-state index contributed by atoms with van der Waals surface area (Å²) in [6.07, 6.45) is 1.85. The highest BCUT2D eigenvalue weighted by Gasteiger charge is 2.33. The van der Waals surface area contributed by atoms with Gasteiger partial charge in [-0.3, -0.25) is 9.36 Å². The molecule has 1 aliphatic rings. The van der Waals surface area contributed by atoms with Crippen LogP contribution in [-0.4, -0.2) is 17.1 Å². The normalized spacial score (nSPS) is 14.8. The molecule has 0 bridgehead atoms. The Bertz CT molecular complexity index is 2130. The van der Waals surface area contributed by atoms with E-state index >= 15 is 0 Å². The molecule has 6 rings (SSSR count). The van der Waals surface area contributed by atoms with E-state index in [1.165, 1.54) is 11.3 Å². The standard InChI is InChI=1S/C35H28BrIN2O4S/c1-4-42-34(41)30-21(3)38-35-39(31(30)23-14-12-20(2)13-15-23)33(40)29(44-35)17-25-16-26(36)18-28(37)32(25)43-19-24-10-7-9-22-8-5-6-11-27(22)24/h5-18,31H,4,19H2,1-3H3/b29-17-/t31-/m1/s1. The number of allylic oxidation sites excluding steroid dienone is 1. The maximum atomic E-state index is 14.2. The second-order valence-electron chi connectivity index (χ2n) is 10.4. The summed E-state index contributed by atoms with van der Waals surface area (Å²) in [6, 6.07) is 25.6. The van der Waals surface area contributed by atoms with Gasteiger partial charge < -0.3 is 9.47 Å². The third-order valence-corrected chi connectivity index (χ3v) is 9.73. The van der Waals surface area contributed by atoms with E-state index in [4.69, 9.17) is 14.5 Å². The predicted octanol–water partition coefficient (Wildman–Crippen LogP) is 7.21. The second kappa shape index (κ2) is 12.8. The molecule has 0 fully saturated rings. The van der Waals surface area contributed by atoms with Crippen LogP contribution in [0.25, 0.3) is 16.8 Å². The van der Waals surface area contributed by atoms with Crippen LogP contribution in [0.4, 0.5) is 0 Å². The monoisotopic (exact) mass is 778 g/mol. The highest BCUT2D eigenvalue weighted by molar-refractivity contribution is 14.1. The van der Waals surface area contributed by atoms with E-state index in [1.807, 2.05) is 67.6 Å². The SMILES string of the molecule is CCOC(=O)C1=C(C)N=c2s/c(=C\c3cc(Br)cc(I)c3OCc3cccc4ccccc34)c(=O)n2[C@@H]1c1ccc(C)cc1. The quantitative estimate of drug-likeness (QED) is 0.130. The van der Waals surface area contributed by atoms with Crippen molar-refractivity contribution in [2.45, 2.75) is 33.4 Å². The lowest BCUT2D eigenvalue weighted by Crippen LogP contribution is -2.39. The maximum absolute atomic E-state index is 14.2. The lowest BCUT2D eigenvalue weighted by atomic mass is 9.95. The Balaban J connectivity index is 1.46. The molecule has 6 nitrogen and oxygen atoms in total. The van der Waals surface area contributed by atoms with Crippen LogP contribution in [0.1, 0.15) is 42.1 Å². The number of hydrogen-bond acceptors (Lipinski definition) is 6. The van der Waals surface area contributed by atoms with E-state index in [1.54, 1.807) is 18.4 Å². The molecule has 0 amide bonds. The highest BCUT2D eigenvalue weighted by Crippen LogP contribution is 2.33. The number of carbonyl (C=O) groups is 1. The van der Waals surface area contributed by atoms with Crippen molar-refractivity contribution in [2.75, 3.05) is 6.61 Å². The molecule has 1 atom stereocenters. The lowest BCUT2D eigenvalue weighted by Gasteiger charge is -2.24. The maximum Gasteiger partial charge on any atom is 0.338 e. The number of benzene rings is 4. The fourth-order valence-corrected chi connectivity index (χ4v) is 8.15. The van der Waals surface area contributed by atoms with Crippen LogP contribution < -0.4 is 19.6 Å². The van der Waals surface area contributed by atoms with Crippen LogP contribution in [0.2, 0.25) is 0 Å². The molecule has 0 saturated heterocycles. The van der Waals surface area contributed by atoms with Gasteiger partial charge in [-0.05, 0) is 83.5 Å². The number of carbonyl (C=O) groups excluding carboxylic acids is 1. The summed E-state index contributed by atoms with van der Waals surface area (Å²) in [6.45, 7) is 6.16. The van der Waals surface area contributed by atoms with Gasteiger partial charge in [-0.15, -0.1) is 0 Å². The van der Waals surface area contributed by atoms with Crippen molar-refractivity contribution in [3.05, 3.63) is 140 Å². The summed E-state index contributed by atoms with van der Waals surface area (Å²) >= 11 is 7.18. The van der Waals surface area contributed by atoms with Gasteiger partial charge in [0.25, 0.3) is 5.56 Å². The lowest BCUT2D eigenvalue weighted by molar-refractivity contribution is -0.139. The van der Waals surface area contributed by atoms with Gasteiger partial charge in [0.2, 0.25) is 0 Å². The average Bonchev–Trinajstić information content (AvgIpc) is 3.30. The number of aromatic nitrogens is 1. The van der Waals surface area contributed by atoms with E-state index < -0.39 is 12.0 Å². The highest BCUT2D eigenvalue weighted by atomic mass is 127. The Hall–Kier alpha value is -3.54. The molecule has 44 heavy (non-hydrogen) atoms. The molecule has 222 valence electrons. The Kier molecular flexibility index (Phi) is 8.89. The first-order valence-electron chi connectivity index (χ1n) is 14.1. The summed E-state index contributed by atoms with van der Waals surface area (Å²) in [5, 5.41) is 2.29. The van der Waals surface area contributed by atoms with Gasteiger partial charge in [-0.1, -0.05) is 99.6 Å². The fraction of sp³-hybridized carbons (Fsp3) is 0.171. The van der Waals surface area contributed by atoms with Gasteiger partial charge in [-0.25, -0.2) is 9.79 Å². The summed E-state index contributed by atoms with van der Waals surface area (Å²) in [5.41, 5.74) is 4.42. The Labute approximate surface area is 280 Å². The van der Waals surface area contributed by atoms with Crippen LogP contribution in [0.3, 0.4) is 0 Å². The minimum Gasteiger partial charge on any atom is -0.487 e. The molecule has 2 heterocycles. The largest absolute Gasteiger partial charge is 0.487 e. The summed E-state index contributed by atoms with van der Waals surface area (Å²) in [4.78, 5) is 32.6. The zero-order chi connectivity index (χ0) is 31.0. The molecule has 0 aliphatic carbocycles. The van der Waals surface area contributed by atoms with Crippen molar-refractivity contribution in [2.24, 2.45) is 4.99 Å². The first kappa shape index (κ1) is 30.5. The molecule has 1 aromatic heterocycles. The van der Waals surface area contributed by atoms with Crippen LogP contribution in [0.5, 0.6) is 5.75 Å². The predicted molar refractivity (Wildman–Crippen MR) is 187 cm³/mol. The van der Waals surface area contributed by atoms with Crippen LogP contribution in [0, 0.1) is 10.5 Å². The molecule has 0 spiro atoms. The van der Waals surface area contributed by atoms with Gasteiger partial charge in [0.15, 0.2) is 4.80 Å². The second-order valence-corrected chi connectivity index (χ2v) is 13.5. The van der Waals surface area contributed by atoms with Gasteiger partial charge in [0.05, 0.1) is 32.0 Å². The number of nitrogens with zero attached hydrogens (tertiary/aromatic N) is 2. The van der Waals surface area contributed by atoms with Crippen molar-refractivity contribution >= 4 is 72.7 Å². The number of ether oxygens (including phenoxy) is 2. The van der Waals surface area contributed by atoms with E-state index in [-0.39, 0.29) is 12.2 Å². The van der Waals surface area contributed by atoms with Gasteiger partial charge >= 0.3 is 5.97 Å². The van der Waals surface area contributed by atoms with Gasteiger partial charge in [0.1, 0.15) is 12.4 Å². The first-order chi connectivity index (χ1) is 21.2. The number of fused-ring (bicyclic) bond motifs is 2. The molecule has 9 heteroatoms. The summed E-state index contributed by atoms with van der Waals surface area (Å²) in [5.74, 6) is 0.213. The molecule has 5 aromatic rings. The van der Waals surface area contributed by atoms with Crippen molar-refractivity contribution in [3.63, 3.8) is 0 Å².